The van der Waals surface area contributed by atoms with E-state index in [0.29, 0.717) is 11.4 Å². The van der Waals surface area contributed by atoms with Crippen molar-refractivity contribution in [3.8, 4) is 5.75 Å². The van der Waals surface area contributed by atoms with E-state index in [2.05, 4.69) is 45.2 Å². The third-order valence-corrected chi connectivity index (χ3v) is 7.35. The lowest BCUT2D eigenvalue weighted by Gasteiger charge is -2.39. The summed E-state index contributed by atoms with van der Waals surface area (Å²) in [4.78, 5) is 12.5. The van der Waals surface area contributed by atoms with E-state index in [-0.39, 0.29) is 11.3 Å². The second-order valence-corrected chi connectivity index (χ2v) is 11.3. The topological polar surface area (TPSA) is 128 Å². The van der Waals surface area contributed by atoms with Gasteiger partial charge in [-0.3, -0.25) is 4.79 Å². The van der Waals surface area contributed by atoms with Gasteiger partial charge in [-0.05, 0) is 80.9 Å². The molecule has 5 N–H and O–H groups in total. The number of ether oxygens (including phenoxy) is 2. The first-order valence-electron chi connectivity index (χ1n) is 13.7. The Morgan fingerprint density at radius 3 is 2.42 bits per heavy atom. The van der Waals surface area contributed by atoms with Gasteiger partial charge < -0.3 is 35.2 Å². The molecule has 218 valence electrons. The molecule has 0 unspecified atom stereocenters. The first kappa shape index (κ1) is 31.5. The molecule has 1 heterocycles. The minimum absolute atomic E-state index is 0.208. The molecule has 1 aliphatic heterocycles. The Hall–Kier alpha value is -3.01. The highest BCUT2D eigenvalue weighted by atomic mass is 16.7. The fraction of sp³-hybridized carbons (Fsp3) is 0.469. The van der Waals surface area contributed by atoms with Crippen molar-refractivity contribution >= 4 is 11.6 Å². The van der Waals surface area contributed by atoms with Crippen LogP contribution in [-0.4, -0.2) is 63.6 Å². The molecule has 0 aromatic heterocycles. The molecule has 1 aliphatic carbocycles. The molecule has 3 rings (SSSR count). The molecule has 40 heavy (non-hydrogen) atoms. The van der Waals surface area contributed by atoms with Gasteiger partial charge in [-0.1, -0.05) is 55.4 Å². The highest BCUT2D eigenvalue weighted by Gasteiger charge is 2.44. The summed E-state index contributed by atoms with van der Waals surface area (Å²) < 4.78 is 10.9. The number of allylic oxidation sites excluding steroid dienone is 9. The predicted octanol–water partition coefficient (Wildman–Crippen LogP) is 4.34. The molecule has 8 heteroatoms. The predicted molar refractivity (Wildman–Crippen MR) is 156 cm³/mol. The van der Waals surface area contributed by atoms with E-state index >= 15 is 0 Å². The second-order valence-electron chi connectivity index (χ2n) is 11.3. The SMILES string of the molecule is CC1=C(/C=C/C(C)=C/C=C/C(C)=C/C(=O)Nc2ccc(O[C@@H]3O[C@H](CO)[C@H](O)[C@H](O)[C@H]3O)cc2)C(C)(C)CCC1. The smallest absolute Gasteiger partial charge is 0.248 e. The quantitative estimate of drug-likeness (QED) is 0.227. The van der Waals surface area contributed by atoms with E-state index in [1.54, 1.807) is 24.3 Å². The lowest BCUT2D eigenvalue weighted by atomic mass is 9.72. The zero-order valence-electron chi connectivity index (χ0n) is 24.0. The van der Waals surface area contributed by atoms with Crippen LogP contribution in [0.25, 0.3) is 0 Å². The Kier molecular flexibility index (Phi) is 11.1. The highest BCUT2D eigenvalue weighted by molar-refractivity contribution is 6.00. The summed E-state index contributed by atoms with van der Waals surface area (Å²) in [5.74, 6) is 0.0268. The van der Waals surface area contributed by atoms with Crippen LogP contribution in [0.5, 0.6) is 5.75 Å². The number of aliphatic hydroxyl groups excluding tert-OH is 4. The number of aliphatic hydroxyl groups is 4. The molecule has 1 saturated heterocycles. The maximum Gasteiger partial charge on any atom is 0.248 e. The zero-order valence-corrected chi connectivity index (χ0v) is 24.0. The largest absolute Gasteiger partial charge is 0.462 e. The van der Waals surface area contributed by atoms with Crippen molar-refractivity contribution in [2.45, 2.75) is 84.6 Å². The van der Waals surface area contributed by atoms with Crippen LogP contribution in [0.4, 0.5) is 5.69 Å². The molecule has 1 aromatic carbocycles. The lowest BCUT2D eigenvalue weighted by molar-refractivity contribution is -0.277. The standard InChI is InChI=1S/C32H43NO7/c1-20(11-16-25-22(3)10-7-17-32(25,4)5)8-6-9-21(2)18-27(35)33-23-12-14-24(15-13-23)39-31-30(38)29(37)28(36)26(19-34)40-31/h6,8-9,11-16,18,26,28-31,34,36-38H,7,10,17,19H2,1-5H3,(H,33,35)/b9-6+,16-11+,20-8+,21-18+/t26-,28+,29+,30-,31-/m1/s1. The molecule has 8 nitrogen and oxygen atoms in total. The van der Waals surface area contributed by atoms with Crippen molar-refractivity contribution in [2.24, 2.45) is 5.41 Å². The van der Waals surface area contributed by atoms with Crippen molar-refractivity contribution in [3.05, 3.63) is 83.0 Å². The molecule has 0 radical (unpaired) electrons. The number of nitrogens with one attached hydrogen (secondary N) is 1. The fourth-order valence-corrected chi connectivity index (χ4v) is 4.98. The molecular weight excluding hydrogens is 510 g/mol. The van der Waals surface area contributed by atoms with Crippen LogP contribution in [0, 0.1) is 5.41 Å². The first-order valence-corrected chi connectivity index (χ1v) is 13.7. The number of benzene rings is 1. The number of carbonyl (C=O) groups is 1. The minimum atomic E-state index is -1.52. The number of hydrogen-bond acceptors (Lipinski definition) is 7. The molecule has 0 saturated carbocycles. The van der Waals surface area contributed by atoms with Crippen LogP contribution in [0.3, 0.4) is 0 Å². The van der Waals surface area contributed by atoms with Crippen molar-refractivity contribution in [3.63, 3.8) is 0 Å². The Balaban J connectivity index is 1.53. The summed E-state index contributed by atoms with van der Waals surface area (Å²) >= 11 is 0. The van der Waals surface area contributed by atoms with Gasteiger partial charge in [-0.15, -0.1) is 0 Å². The third-order valence-electron chi connectivity index (χ3n) is 7.35. The molecule has 0 bridgehead atoms. The van der Waals surface area contributed by atoms with Gasteiger partial charge >= 0.3 is 0 Å². The average Bonchev–Trinajstić information content (AvgIpc) is 2.89. The van der Waals surface area contributed by atoms with Gasteiger partial charge in [-0.25, -0.2) is 0 Å². The number of carbonyl (C=O) groups excluding carboxylic acids is 1. The van der Waals surface area contributed by atoms with Crippen LogP contribution < -0.4 is 10.1 Å². The van der Waals surface area contributed by atoms with Gasteiger partial charge in [0.15, 0.2) is 0 Å². The Morgan fingerprint density at radius 1 is 1.07 bits per heavy atom. The van der Waals surface area contributed by atoms with Crippen LogP contribution in [0.15, 0.2) is 83.0 Å². The Labute approximate surface area is 237 Å². The summed E-state index contributed by atoms with van der Waals surface area (Å²) in [6.07, 6.45) is 8.52. The van der Waals surface area contributed by atoms with Gasteiger partial charge in [0, 0.05) is 11.8 Å². The van der Waals surface area contributed by atoms with Gasteiger partial charge in [0.1, 0.15) is 30.2 Å². The van der Waals surface area contributed by atoms with Crippen molar-refractivity contribution < 1.29 is 34.7 Å². The molecule has 5 atom stereocenters. The van der Waals surface area contributed by atoms with Crippen LogP contribution in [0.2, 0.25) is 0 Å². The molecule has 1 amide bonds. The van der Waals surface area contributed by atoms with Crippen molar-refractivity contribution in [2.75, 3.05) is 11.9 Å². The monoisotopic (exact) mass is 553 g/mol. The van der Waals surface area contributed by atoms with Crippen LogP contribution in [-0.2, 0) is 9.53 Å². The lowest BCUT2D eigenvalue weighted by Crippen LogP contribution is -2.60. The zero-order chi connectivity index (χ0) is 29.4. The van der Waals surface area contributed by atoms with Crippen LogP contribution >= 0.6 is 0 Å². The van der Waals surface area contributed by atoms with E-state index in [9.17, 15) is 25.2 Å². The van der Waals surface area contributed by atoms with Crippen molar-refractivity contribution in [1.29, 1.82) is 0 Å². The van der Waals surface area contributed by atoms with Gasteiger partial charge in [0.05, 0.1) is 6.61 Å². The summed E-state index contributed by atoms with van der Waals surface area (Å²) in [5, 5.41) is 42.0. The molecule has 0 spiro atoms. The summed E-state index contributed by atoms with van der Waals surface area (Å²) in [7, 11) is 0. The second kappa shape index (κ2) is 14.1. The molecule has 1 fully saturated rings. The Bertz CT molecular complexity index is 1170. The maximum absolute atomic E-state index is 12.5. The van der Waals surface area contributed by atoms with Gasteiger partial charge in [0.25, 0.3) is 0 Å². The normalized spacial score (nSPS) is 27.9. The number of hydrogen-bond donors (Lipinski definition) is 5. The van der Waals surface area contributed by atoms with E-state index in [0.717, 1.165) is 17.6 Å². The van der Waals surface area contributed by atoms with Gasteiger partial charge in [0.2, 0.25) is 12.2 Å². The molecule has 2 aliphatic rings. The molecule has 1 aromatic rings. The summed E-state index contributed by atoms with van der Waals surface area (Å²) in [6, 6.07) is 6.39. The summed E-state index contributed by atoms with van der Waals surface area (Å²) in [5.41, 5.74) is 5.56. The number of amides is 1. The minimum Gasteiger partial charge on any atom is -0.462 e. The number of anilines is 1. The van der Waals surface area contributed by atoms with E-state index < -0.39 is 37.3 Å². The fourth-order valence-electron chi connectivity index (χ4n) is 4.98. The van der Waals surface area contributed by atoms with E-state index in [4.69, 9.17) is 9.47 Å². The third kappa shape index (κ3) is 8.49. The number of rotatable bonds is 9. The maximum atomic E-state index is 12.5. The highest BCUT2D eigenvalue weighted by Crippen LogP contribution is 2.40. The summed E-state index contributed by atoms with van der Waals surface area (Å²) in [6.45, 7) is 10.2. The van der Waals surface area contributed by atoms with E-state index in [1.807, 2.05) is 25.2 Å². The average molecular weight is 554 g/mol. The van der Waals surface area contributed by atoms with Crippen LogP contribution in [0.1, 0.15) is 53.9 Å². The van der Waals surface area contributed by atoms with Gasteiger partial charge in [-0.2, -0.15) is 0 Å². The van der Waals surface area contributed by atoms with E-state index in [1.165, 1.54) is 30.1 Å². The van der Waals surface area contributed by atoms with Crippen molar-refractivity contribution in [1.82, 2.24) is 0 Å². The molecular formula is C32H43NO7. The Morgan fingerprint density at radius 2 is 1.77 bits per heavy atom. The first-order chi connectivity index (χ1) is 18.9.